The minimum Gasteiger partial charge on any atom is -0.507 e. The first-order valence-corrected chi connectivity index (χ1v) is 15.3. The van der Waals surface area contributed by atoms with Gasteiger partial charge in [-0.05, 0) is 6.07 Å². The highest BCUT2D eigenvalue weighted by Crippen LogP contribution is 2.52. The van der Waals surface area contributed by atoms with Gasteiger partial charge in [0.15, 0.2) is 5.78 Å². The van der Waals surface area contributed by atoms with Gasteiger partial charge in [0.1, 0.15) is 34.9 Å². The van der Waals surface area contributed by atoms with Crippen molar-refractivity contribution >= 4 is 35.0 Å². The number of hydrogen-bond acceptors (Lipinski definition) is 15. The zero-order chi connectivity index (χ0) is 36.1. The summed E-state index contributed by atoms with van der Waals surface area (Å²) in [4.78, 5) is 64.7. The van der Waals surface area contributed by atoms with E-state index in [0.717, 1.165) is 23.3 Å². The maximum Gasteiger partial charge on any atom is 0.253 e. The Morgan fingerprint density at radius 1 is 1.08 bits per heavy atom. The largest absolute Gasteiger partial charge is 0.507 e. The molecule has 2 heterocycles. The summed E-state index contributed by atoms with van der Waals surface area (Å²) in [5.74, 6) is -5.27. The second-order valence-corrected chi connectivity index (χ2v) is 12.0. The number of imide groups is 1. The Hall–Kier alpha value is -5.62. The van der Waals surface area contributed by atoms with Gasteiger partial charge in [-0.15, -0.1) is 0 Å². The number of amides is 3. The van der Waals surface area contributed by atoms with E-state index in [2.05, 4.69) is 10.5 Å². The molecule has 4 atom stereocenters. The van der Waals surface area contributed by atoms with Gasteiger partial charge in [-0.2, -0.15) is 5.10 Å². The molecule has 8 N–H and O–H groups in total. The molecule has 2 aromatic carbocycles. The number of rotatable bonds is 9. The van der Waals surface area contributed by atoms with Crippen molar-refractivity contribution in [2.24, 2.45) is 10.8 Å². The minimum absolute atomic E-state index is 0.0580. The second kappa shape index (κ2) is 13.0. The molecule has 0 saturated heterocycles. The third kappa shape index (κ3) is 5.75. The number of nitrogens with one attached hydrogen (secondary N) is 1. The molecule has 17 nitrogen and oxygen atoms in total. The van der Waals surface area contributed by atoms with Gasteiger partial charge in [0, 0.05) is 61.1 Å². The monoisotopic (exact) mass is 692 g/mol. The quantitative estimate of drug-likeness (QED) is 0.0667. The number of nitrogens with two attached hydrogens (primary N) is 1. The molecule has 0 fully saturated rings. The van der Waals surface area contributed by atoms with Crippen LogP contribution >= 0.6 is 0 Å². The standard InChI is InChI=1S/C33H32N4O13/c1-48-18-4-2-3-14-25(18)31(45)28-27(29(14)43)30(44)15-10-33(47,11-19(26(15)32(28)46)50-24-9-16(34)17(39)13-49-24)20(12-38)35-36-21(40)7-8-37-22(41)5-6-23(37)42/h2-6,13,16,19,24,38-39,44,46-47H,7-12,34H2,1H3,(H,36,40)/b35-20+/t16?,19-,24?,33-/m0/s1. The van der Waals surface area contributed by atoms with Crippen molar-refractivity contribution in [3.8, 4) is 17.2 Å². The van der Waals surface area contributed by atoms with Crippen molar-refractivity contribution in [2.45, 2.75) is 49.7 Å². The van der Waals surface area contributed by atoms with Crippen molar-refractivity contribution in [2.75, 3.05) is 20.3 Å². The van der Waals surface area contributed by atoms with E-state index in [1.54, 1.807) is 0 Å². The Morgan fingerprint density at radius 2 is 1.78 bits per heavy atom. The Balaban J connectivity index is 1.39. The fourth-order valence-electron chi connectivity index (χ4n) is 6.48. The number of aromatic hydroxyl groups is 2. The summed E-state index contributed by atoms with van der Waals surface area (Å²) in [6.07, 6.45) is -1.09. The Labute approximate surface area is 282 Å². The van der Waals surface area contributed by atoms with Gasteiger partial charge in [0.2, 0.25) is 18.0 Å². The van der Waals surface area contributed by atoms with Gasteiger partial charge in [-0.3, -0.25) is 28.9 Å². The van der Waals surface area contributed by atoms with Gasteiger partial charge >= 0.3 is 0 Å². The summed E-state index contributed by atoms with van der Waals surface area (Å²) in [5.41, 5.74) is 3.79. The first-order chi connectivity index (χ1) is 23.8. The maximum absolute atomic E-state index is 13.9. The predicted octanol–water partition coefficient (Wildman–Crippen LogP) is -0.130. The number of aliphatic hydroxyl groups excluding tert-OH is 2. The Bertz CT molecular complexity index is 1920. The first kappa shape index (κ1) is 34.3. The number of nitrogens with zero attached hydrogens (tertiary/aromatic N) is 2. The summed E-state index contributed by atoms with van der Waals surface area (Å²) in [6, 6.07) is 3.39. The molecule has 50 heavy (non-hydrogen) atoms. The summed E-state index contributed by atoms with van der Waals surface area (Å²) in [7, 11) is 1.30. The van der Waals surface area contributed by atoms with Crippen LogP contribution in [0.15, 0.2) is 47.5 Å². The number of methoxy groups -OCH3 is 1. The normalized spacial score (nSPS) is 24.3. The van der Waals surface area contributed by atoms with Crippen LogP contribution in [0.1, 0.15) is 68.3 Å². The zero-order valence-corrected chi connectivity index (χ0v) is 26.4. The molecule has 2 unspecified atom stereocenters. The van der Waals surface area contributed by atoms with E-state index in [9.17, 15) is 49.5 Å². The number of ether oxygens (including phenoxy) is 3. The fourth-order valence-corrected chi connectivity index (χ4v) is 6.48. The van der Waals surface area contributed by atoms with Crippen molar-refractivity contribution in [3.05, 3.63) is 75.8 Å². The molecule has 4 aliphatic rings. The Kier molecular flexibility index (Phi) is 8.91. The summed E-state index contributed by atoms with van der Waals surface area (Å²) in [6.45, 7) is -1.20. The van der Waals surface area contributed by atoms with E-state index in [-0.39, 0.29) is 53.1 Å². The number of ketones is 2. The summed E-state index contributed by atoms with van der Waals surface area (Å²) in [5, 5.41) is 59.5. The number of phenols is 2. The molecule has 3 amide bonds. The number of benzene rings is 2. The van der Waals surface area contributed by atoms with E-state index in [0.29, 0.717) is 0 Å². The van der Waals surface area contributed by atoms with Gasteiger partial charge in [-0.1, -0.05) is 12.1 Å². The average molecular weight is 693 g/mol. The van der Waals surface area contributed by atoms with Crippen molar-refractivity contribution < 1.29 is 63.7 Å². The number of aliphatic hydroxyl groups is 3. The third-order valence-electron chi connectivity index (χ3n) is 9.02. The highest BCUT2D eigenvalue weighted by molar-refractivity contribution is 6.31. The van der Waals surface area contributed by atoms with Crippen molar-refractivity contribution in [3.63, 3.8) is 0 Å². The summed E-state index contributed by atoms with van der Waals surface area (Å²) < 4.78 is 16.8. The minimum atomic E-state index is -2.22. The number of phenolic OH excluding ortho intramolecular Hbond substituents is 2. The molecule has 0 saturated carbocycles. The summed E-state index contributed by atoms with van der Waals surface area (Å²) >= 11 is 0. The second-order valence-electron chi connectivity index (χ2n) is 12.0. The highest BCUT2D eigenvalue weighted by atomic mass is 16.7. The topological polar surface area (TPSA) is 268 Å². The fraction of sp³-hybridized carbons (Fsp3) is 0.333. The number of fused-ring (bicyclic) bond motifs is 3. The van der Waals surface area contributed by atoms with Crippen LogP contribution in [0.3, 0.4) is 0 Å². The lowest BCUT2D eigenvalue weighted by Crippen LogP contribution is -2.49. The molecule has 2 aliphatic heterocycles. The van der Waals surface area contributed by atoms with Gasteiger partial charge in [0.25, 0.3) is 11.8 Å². The van der Waals surface area contributed by atoms with E-state index in [4.69, 9.17) is 19.9 Å². The smallest absolute Gasteiger partial charge is 0.253 e. The van der Waals surface area contributed by atoms with E-state index >= 15 is 0 Å². The van der Waals surface area contributed by atoms with Crippen LogP contribution in [0.5, 0.6) is 17.2 Å². The van der Waals surface area contributed by atoms with Crippen LogP contribution in [-0.4, -0.2) is 104 Å². The van der Waals surface area contributed by atoms with E-state index in [1.165, 1.54) is 25.3 Å². The van der Waals surface area contributed by atoms with Crippen LogP contribution in [0.2, 0.25) is 0 Å². The van der Waals surface area contributed by atoms with Crippen molar-refractivity contribution in [1.82, 2.24) is 10.3 Å². The molecular formula is C33H32N4O13. The molecule has 2 aromatic rings. The number of carbonyl (C=O) groups is 5. The number of hydrogen-bond donors (Lipinski definition) is 7. The number of carbonyl (C=O) groups excluding carboxylic acids is 5. The third-order valence-corrected chi connectivity index (χ3v) is 9.02. The maximum atomic E-state index is 13.9. The van der Waals surface area contributed by atoms with Crippen LogP contribution in [0, 0.1) is 0 Å². The molecule has 0 radical (unpaired) electrons. The van der Waals surface area contributed by atoms with Crippen LogP contribution in [0.4, 0.5) is 0 Å². The predicted molar refractivity (Wildman–Crippen MR) is 168 cm³/mol. The van der Waals surface area contributed by atoms with Gasteiger partial charge in [-0.25, -0.2) is 5.43 Å². The lowest BCUT2D eigenvalue weighted by molar-refractivity contribution is -0.170. The SMILES string of the molecule is COc1cccc2c1C(=O)c1c(O)c3c(c(O)c1C2=O)C[C@@](O)(/C(CO)=N/NC(=O)CCN1C(=O)C=CC1=O)C[C@@H]3OC1CC(N)C(O)=CO1. The molecule has 2 aliphatic carbocycles. The molecule has 0 aromatic heterocycles. The van der Waals surface area contributed by atoms with Crippen LogP contribution in [0.25, 0.3) is 0 Å². The lowest BCUT2D eigenvalue weighted by atomic mass is 9.71. The van der Waals surface area contributed by atoms with Gasteiger partial charge in [0.05, 0.1) is 48.3 Å². The highest BCUT2D eigenvalue weighted by Gasteiger charge is 2.49. The van der Waals surface area contributed by atoms with Crippen LogP contribution in [-0.2, 0) is 30.3 Å². The lowest BCUT2D eigenvalue weighted by Gasteiger charge is -2.41. The molecule has 17 heteroatoms. The zero-order valence-electron chi connectivity index (χ0n) is 26.4. The Morgan fingerprint density at radius 3 is 2.44 bits per heavy atom. The molecular weight excluding hydrogens is 660 g/mol. The van der Waals surface area contributed by atoms with Gasteiger partial charge < -0.3 is 45.5 Å². The van der Waals surface area contributed by atoms with Crippen molar-refractivity contribution in [1.29, 1.82) is 0 Å². The molecule has 0 spiro atoms. The van der Waals surface area contributed by atoms with Crippen LogP contribution < -0.4 is 15.9 Å². The average Bonchev–Trinajstić information content (AvgIpc) is 3.41. The molecule has 262 valence electrons. The first-order valence-electron chi connectivity index (χ1n) is 15.3. The van der Waals surface area contributed by atoms with E-state index in [1.807, 2.05) is 0 Å². The molecule has 6 rings (SSSR count). The number of hydrazone groups is 1. The van der Waals surface area contributed by atoms with E-state index < -0.39 is 101 Å². The molecule has 0 bridgehead atoms.